The Morgan fingerprint density at radius 1 is 1.56 bits per heavy atom. The summed E-state index contributed by atoms with van der Waals surface area (Å²) in [5, 5.41) is 14.9. The maximum absolute atomic E-state index is 11.8. The van der Waals surface area contributed by atoms with Gasteiger partial charge in [0.15, 0.2) is 0 Å². The molecule has 1 amide bonds. The zero-order valence-corrected chi connectivity index (χ0v) is 11.0. The molecule has 1 aromatic carbocycles. The van der Waals surface area contributed by atoms with Gasteiger partial charge in [-0.3, -0.25) is 4.79 Å². The van der Waals surface area contributed by atoms with E-state index in [1.165, 1.54) is 6.20 Å². The van der Waals surface area contributed by atoms with Gasteiger partial charge in [0.1, 0.15) is 11.6 Å². The number of nitrogens with zero attached hydrogens (tertiary/aromatic N) is 1. The van der Waals surface area contributed by atoms with Gasteiger partial charge in [0, 0.05) is 23.5 Å². The minimum atomic E-state index is -0.460. The predicted molar refractivity (Wildman–Crippen MR) is 72.2 cm³/mol. The van der Waals surface area contributed by atoms with Gasteiger partial charge in [0.05, 0.1) is 0 Å². The topological polar surface area (TPSA) is 64.9 Å². The number of hydrogen-bond donors (Lipinski definition) is 2. The van der Waals surface area contributed by atoms with Crippen molar-refractivity contribution in [3.63, 3.8) is 0 Å². The van der Waals surface area contributed by atoms with Crippen molar-refractivity contribution >= 4 is 23.2 Å². The van der Waals surface area contributed by atoms with Crippen molar-refractivity contribution in [2.45, 2.75) is 13.8 Å². The molecule has 0 aromatic heterocycles. The van der Waals surface area contributed by atoms with Crippen LogP contribution in [0.4, 0.5) is 5.69 Å². The minimum absolute atomic E-state index is 0.0218. The first kappa shape index (κ1) is 14.1. The lowest BCUT2D eigenvalue weighted by molar-refractivity contribution is -0.112. The third-order valence-corrected chi connectivity index (χ3v) is 2.65. The van der Waals surface area contributed by atoms with E-state index >= 15 is 0 Å². The van der Waals surface area contributed by atoms with Crippen molar-refractivity contribution in [3.8, 4) is 6.07 Å². The minimum Gasteiger partial charge on any atom is -0.390 e. The molecular formula is C13H14ClN3O. The van der Waals surface area contributed by atoms with E-state index in [1.807, 2.05) is 19.9 Å². The Morgan fingerprint density at radius 2 is 2.28 bits per heavy atom. The predicted octanol–water partition coefficient (Wildman–Crippen LogP) is 2.60. The Morgan fingerprint density at radius 3 is 2.83 bits per heavy atom. The van der Waals surface area contributed by atoms with Crippen LogP contribution in [-0.2, 0) is 4.79 Å². The van der Waals surface area contributed by atoms with E-state index in [0.717, 1.165) is 5.56 Å². The van der Waals surface area contributed by atoms with E-state index in [-0.39, 0.29) is 5.57 Å². The second-order valence-corrected chi connectivity index (χ2v) is 4.05. The van der Waals surface area contributed by atoms with Crippen LogP contribution in [0, 0.1) is 18.3 Å². The number of amides is 1. The number of halogens is 1. The summed E-state index contributed by atoms with van der Waals surface area (Å²) in [6.07, 6.45) is 1.39. The summed E-state index contributed by atoms with van der Waals surface area (Å²) < 4.78 is 0. The van der Waals surface area contributed by atoms with Gasteiger partial charge in [-0.05, 0) is 31.5 Å². The Kier molecular flexibility index (Phi) is 5.22. The molecule has 94 valence electrons. The van der Waals surface area contributed by atoms with E-state index in [9.17, 15) is 4.79 Å². The van der Waals surface area contributed by atoms with E-state index in [4.69, 9.17) is 16.9 Å². The molecule has 0 aliphatic rings. The van der Waals surface area contributed by atoms with E-state index < -0.39 is 5.91 Å². The first-order chi connectivity index (χ1) is 8.58. The highest BCUT2D eigenvalue weighted by molar-refractivity contribution is 6.31. The first-order valence-corrected chi connectivity index (χ1v) is 5.87. The Bertz CT molecular complexity index is 517. The number of benzene rings is 1. The zero-order valence-electron chi connectivity index (χ0n) is 10.2. The van der Waals surface area contributed by atoms with Crippen LogP contribution in [0.15, 0.2) is 30.0 Å². The summed E-state index contributed by atoms with van der Waals surface area (Å²) in [4.78, 5) is 11.8. The first-order valence-electron chi connectivity index (χ1n) is 5.49. The van der Waals surface area contributed by atoms with Crippen LogP contribution in [0.2, 0.25) is 5.02 Å². The largest absolute Gasteiger partial charge is 0.390 e. The average molecular weight is 264 g/mol. The van der Waals surface area contributed by atoms with Gasteiger partial charge < -0.3 is 10.6 Å². The highest BCUT2D eigenvalue weighted by atomic mass is 35.5. The number of aryl methyl sites for hydroxylation is 1. The highest BCUT2D eigenvalue weighted by Crippen LogP contribution is 2.20. The van der Waals surface area contributed by atoms with Crippen LogP contribution in [0.1, 0.15) is 12.5 Å². The molecule has 0 bridgehead atoms. The fourth-order valence-electron chi connectivity index (χ4n) is 1.22. The molecule has 4 nitrogen and oxygen atoms in total. The molecule has 0 radical (unpaired) electrons. The van der Waals surface area contributed by atoms with E-state index in [0.29, 0.717) is 17.3 Å². The van der Waals surface area contributed by atoms with Crippen LogP contribution >= 0.6 is 11.6 Å². The number of rotatable bonds is 4. The molecule has 0 heterocycles. The number of hydrogen-bond acceptors (Lipinski definition) is 3. The number of carbonyl (C=O) groups is 1. The third-order valence-electron chi connectivity index (χ3n) is 2.25. The fourth-order valence-corrected chi connectivity index (χ4v) is 1.40. The molecule has 0 spiro atoms. The monoisotopic (exact) mass is 263 g/mol. The SMILES string of the molecule is CCN/C=C(/C#N)C(=O)Nc1ccc(C)c(Cl)c1. The Hall–Kier alpha value is -1.99. The number of nitrogens with one attached hydrogen (secondary N) is 2. The van der Waals surface area contributed by atoms with Gasteiger partial charge in [-0.2, -0.15) is 5.26 Å². The summed E-state index contributed by atoms with van der Waals surface area (Å²) >= 11 is 5.95. The van der Waals surface area contributed by atoms with Gasteiger partial charge in [0.2, 0.25) is 0 Å². The maximum Gasteiger partial charge on any atom is 0.267 e. The molecule has 0 saturated heterocycles. The molecule has 2 N–H and O–H groups in total. The van der Waals surface area contributed by atoms with Gasteiger partial charge in [-0.1, -0.05) is 17.7 Å². The molecule has 18 heavy (non-hydrogen) atoms. The van der Waals surface area contributed by atoms with Gasteiger partial charge >= 0.3 is 0 Å². The molecule has 0 fully saturated rings. The molecule has 0 aliphatic heterocycles. The molecule has 0 aliphatic carbocycles. The van der Waals surface area contributed by atoms with Gasteiger partial charge in [-0.15, -0.1) is 0 Å². The second-order valence-electron chi connectivity index (χ2n) is 3.65. The van der Waals surface area contributed by atoms with Crippen LogP contribution in [-0.4, -0.2) is 12.5 Å². The molecule has 0 saturated carbocycles. The van der Waals surface area contributed by atoms with E-state index in [1.54, 1.807) is 18.2 Å². The van der Waals surface area contributed by atoms with Crippen molar-refractivity contribution in [3.05, 3.63) is 40.6 Å². The van der Waals surface area contributed by atoms with Crippen molar-refractivity contribution in [1.29, 1.82) is 5.26 Å². The molecule has 0 unspecified atom stereocenters. The summed E-state index contributed by atoms with van der Waals surface area (Å²) in [5.41, 5.74) is 1.51. The maximum atomic E-state index is 11.8. The fraction of sp³-hybridized carbons (Fsp3) is 0.231. The number of carbonyl (C=O) groups excluding carboxylic acids is 1. The lowest BCUT2D eigenvalue weighted by Gasteiger charge is -2.06. The van der Waals surface area contributed by atoms with Gasteiger partial charge in [0.25, 0.3) is 5.91 Å². The van der Waals surface area contributed by atoms with Crippen LogP contribution < -0.4 is 10.6 Å². The molecule has 1 rings (SSSR count). The second kappa shape index (κ2) is 6.67. The van der Waals surface area contributed by atoms with Gasteiger partial charge in [-0.25, -0.2) is 0 Å². The summed E-state index contributed by atoms with van der Waals surface area (Å²) in [7, 11) is 0. The zero-order chi connectivity index (χ0) is 13.5. The van der Waals surface area contributed by atoms with Crippen LogP contribution in [0.5, 0.6) is 0 Å². The lowest BCUT2D eigenvalue weighted by Crippen LogP contribution is -2.16. The summed E-state index contributed by atoms with van der Waals surface area (Å²) in [6.45, 7) is 4.40. The Balaban J connectivity index is 2.81. The van der Waals surface area contributed by atoms with Crippen molar-refractivity contribution in [2.24, 2.45) is 0 Å². The van der Waals surface area contributed by atoms with Crippen molar-refractivity contribution < 1.29 is 4.79 Å². The smallest absolute Gasteiger partial charge is 0.267 e. The third kappa shape index (κ3) is 3.79. The van der Waals surface area contributed by atoms with Crippen molar-refractivity contribution in [2.75, 3.05) is 11.9 Å². The van der Waals surface area contributed by atoms with Crippen molar-refractivity contribution in [1.82, 2.24) is 5.32 Å². The summed E-state index contributed by atoms with van der Waals surface area (Å²) in [5.74, 6) is -0.460. The average Bonchev–Trinajstić information content (AvgIpc) is 2.35. The standard InChI is InChI=1S/C13H14ClN3O/c1-3-16-8-10(7-15)13(18)17-11-5-4-9(2)12(14)6-11/h4-6,8,16H,3H2,1-2H3,(H,17,18)/b10-8-. The van der Waals surface area contributed by atoms with E-state index in [2.05, 4.69) is 10.6 Å². The normalized spacial score (nSPS) is 10.7. The highest BCUT2D eigenvalue weighted by Gasteiger charge is 2.09. The van der Waals surface area contributed by atoms with Crippen LogP contribution in [0.25, 0.3) is 0 Å². The van der Waals surface area contributed by atoms with Crippen LogP contribution in [0.3, 0.4) is 0 Å². The quantitative estimate of drug-likeness (QED) is 0.648. The Labute approximate surface area is 111 Å². The lowest BCUT2D eigenvalue weighted by atomic mass is 10.2. The molecule has 1 aromatic rings. The molecular weight excluding hydrogens is 250 g/mol. The number of nitriles is 1. The summed E-state index contributed by atoms with van der Waals surface area (Å²) in [6, 6.07) is 7.03. The molecule has 5 heteroatoms. The number of anilines is 1. The molecule has 0 atom stereocenters.